The molecule has 1 N–H and O–H groups in total. The first-order valence-corrected chi connectivity index (χ1v) is 17.9. The Bertz CT molecular complexity index is 1880. The van der Waals surface area contributed by atoms with E-state index in [1.54, 1.807) is 0 Å². The van der Waals surface area contributed by atoms with E-state index >= 15 is 0 Å². The average Bonchev–Trinajstić information content (AvgIpc) is 3.90. The zero-order valence-electron chi connectivity index (χ0n) is 29.2. The van der Waals surface area contributed by atoms with Gasteiger partial charge in [-0.25, -0.2) is 9.97 Å². The summed E-state index contributed by atoms with van der Waals surface area (Å²) in [4.78, 5) is 25.3. The van der Waals surface area contributed by atoms with Gasteiger partial charge in [0.1, 0.15) is 5.69 Å². The predicted molar refractivity (Wildman–Crippen MR) is 199 cm³/mol. The van der Waals surface area contributed by atoms with Crippen molar-refractivity contribution in [3.8, 4) is 22.5 Å². The molecule has 0 amide bonds. The normalized spacial score (nSPS) is 16.5. The zero-order chi connectivity index (χ0) is 34.1. The quantitative estimate of drug-likeness (QED) is 0.136. The zero-order valence-corrected chi connectivity index (χ0v) is 29.2. The lowest BCUT2D eigenvalue weighted by Crippen LogP contribution is -2.48. The van der Waals surface area contributed by atoms with Crippen LogP contribution in [0, 0.1) is 33.6 Å². The summed E-state index contributed by atoms with van der Waals surface area (Å²) in [6, 6.07) is 35.8. The molecule has 1 aliphatic carbocycles. The third kappa shape index (κ3) is 6.39. The van der Waals surface area contributed by atoms with Crippen LogP contribution in [0.3, 0.4) is 0 Å². The lowest BCUT2D eigenvalue weighted by atomic mass is 9.66. The van der Waals surface area contributed by atoms with Crippen LogP contribution in [0.15, 0.2) is 97.1 Å². The molecule has 1 unspecified atom stereocenters. The van der Waals surface area contributed by atoms with Crippen molar-refractivity contribution in [2.45, 2.75) is 84.1 Å². The van der Waals surface area contributed by atoms with Crippen LogP contribution >= 0.6 is 0 Å². The number of carboxylic acid groups (broad SMARTS) is 1. The summed E-state index contributed by atoms with van der Waals surface area (Å²) in [5, 5.41) is 9.19. The molecule has 0 radical (unpaired) electrons. The Morgan fingerprint density at radius 3 is 1.57 bits per heavy atom. The molecule has 4 aromatic carbocycles. The number of hydrogen-bond acceptors (Lipinski definition) is 4. The highest BCUT2D eigenvalue weighted by atomic mass is 16.4. The first-order chi connectivity index (χ1) is 23.8. The second-order valence-electron chi connectivity index (χ2n) is 14.4. The molecule has 0 spiro atoms. The molecule has 1 fully saturated rings. The van der Waals surface area contributed by atoms with Gasteiger partial charge in [-0.3, -0.25) is 4.79 Å². The fraction of sp³-hybridized carbons (Fsp3) is 0.341. The molecule has 49 heavy (non-hydrogen) atoms. The van der Waals surface area contributed by atoms with E-state index in [9.17, 15) is 9.90 Å². The van der Waals surface area contributed by atoms with Gasteiger partial charge in [0.05, 0.1) is 22.8 Å². The Labute approximate surface area is 291 Å². The van der Waals surface area contributed by atoms with Gasteiger partial charge >= 0.3 is 5.97 Å². The number of anilines is 1. The molecule has 2 heterocycles. The van der Waals surface area contributed by atoms with Gasteiger partial charge in [-0.2, -0.15) is 0 Å². The third-order valence-electron chi connectivity index (χ3n) is 10.6. The average molecular weight is 650 g/mol. The molecule has 1 aromatic heterocycles. The number of unbranched alkanes of at least 4 members (excludes halogenated alkanes) is 3. The third-order valence-corrected chi connectivity index (χ3v) is 10.6. The SMILES string of the molecule is Cc1ccc(-c2nc3c(nc2-c2ccc(C)cc2)C(c2ccc(C)cc2)(c2ccc(C)cc2)C(C2CC2)N3CCCCCCC(=O)O)cc1. The minimum atomic E-state index is -0.716. The van der Waals surface area contributed by atoms with E-state index in [0.717, 1.165) is 59.8 Å². The monoisotopic (exact) mass is 649 g/mol. The van der Waals surface area contributed by atoms with E-state index in [0.29, 0.717) is 12.3 Å². The van der Waals surface area contributed by atoms with E-state index < -0.39 is 11.4 Å². The summed E-state index contributed by atoms with van der Waals surface area (Å²) in [6.07, 6.45) is 6.18. The summed E-state index contributed by atoms with van der Waals surface area (Å²) in [6.45, 7) is 9.41. The van der Waals surface area contributed by atoms with Gasteiger partial charge in [0.25, 0.3) is 0 Å². The van der Waals surface area contributed by atoms with Gasteiger partial charge < -0.3 is 10.0 Å². The summed E-state index contributed by atoms with van der Waals surface area (Å²) >= 11 is 0. The highest BCUT2D eigenvalue weighted by Crippen LogP contribution is 2.59. The number of aromatic nitrogens is 2. The molecule has 1 saturated carbocycles. The van der Waals surface area contributed by atoms with Crippen LogP contribution in [0.5, 0.6) is 0 Å². The van der Waals surface area contributed by atoms with Crippen molar-refractivity contribution >= 4 is 11.8 Å². The second kappa shape index (κ2) is 13.6. The Morgan fingerprint density at radius 1 is 0.653 bits per heavy atom. The molecule has 1 atom stereocenters. The van der Waals surface area contributed by atoms with Gasteiger partial charge in [0, 0.05) is 24.1 Å². The maximum Gasteiger partial charge on any atom is 0.303 e. The molecule has 5 aromatic rings. The summed E-state index contributed by atoms with van der Waals surface area (Å²) in [5.41, 5.74) is 11.9. The number of fused-ring (bicyclic) bond motifs is 1. The predicted octanol–water partition coefficient (Wildman–Crippen LogP) is 10.0. The van der Waals surface area contributed by atoms with Crippen molar-refractivity contribution in [2.24, 2.45) is 5.92 Å². The van der Waals surface area contributed by atoms with Crippen molar-refractivity contribution in [3.63, 3.8) is 0 Å². The number of nitrogens with zero attached hydrogens (tertiary/aromatic N) is 3. The maximum absolute atomic E-state index is 11.2. The molecular formula is C44H47N3O2. The summed E-state index contributed by atoms with van der Waals surface area (Å²) in [5.74, 6) is 0.776. The van der Waals surface area contributed by atoms with Crippen LogP contribution < -0.4 is 4.90 Å². The van der Waals surface area contributed by atoms with E-state index in [4.69, 9.17) is 9.97 Å². The first-order valence-electron chi connectivity index (χ1n) is 17.9. The molecule has 0 saturated heterocycles. The molecule has 0 bridgehead atoms. The Hall–Kier alpha value is -4.77. The van der Waals surface area contributed by atoms with Gasteiger partial charge in [-0.1, -0.05) is 132 Å². The number of hydrogen-bond donors (Lipinski definition) is 1. The number of benzene rings is 4. The smallest absolute Gasteiger partial charge is 0.303 e. The fourth-order valence-corrected chi connectivity index (χ4v) is 7.81. The highest BCUT2D eigenvalue weighted by molar-refractivity contribution is 5.82. The molecule has 7 rings (SSSR count). The number of aliphatic carboxylic acids is 1. The largest absolute Gasteiger partial charge is 0.481 e. The molecule has 5 heteroatoms. The van der Waals surface area contributed by atoms with Crippen LogP contribution in [0.1, 0.15) is 84.0 Å². The van der Waals surface area contributed by atoms with Crippen LogP contribution in [-0.4, -0.2) is 33.6 Å². The van der Waals surface area contributed by atoms with Gasteiger partial charge in [-0.15, -0.1) is 0 Å². The molecule has 5 nitrogen and oxygen atoms in total. The van der Waals surface area contributed by atoms with Crippen LogP contribution in [0.25, 0.3) is 22.5 Å². The highest BCUT2D eigenvalue weighted by Gasteiger charge is 2.60. The van der Waals surface area contributed by atoms with Crippen LogP contribution in [0.4, 0.5) is 5.82 Å². The maximum atomic E-state index is 11.2. The number of aryl methyl sites for hydroxylation is 4. The molecule has 2 aliphatic rings. The van der Waals surface area contributed by atoms with Crippen molar-refractivity contribution < 1.29 is 9.90 Å². The van der Waals surface area contributed by atoms with Gasteiger partial charge in [-0.05, 0) is 70.4 Å². The lowest BCUT2D eigenvalue weighted by molar-refractivity contribution is -0.137. The van der Waals surface area contributed by atoms with Crippen LogP contribution in [0.2, 0.25) is 0 Å². The summed E-state index contributed by atoms with van der Waals surface area (Å²) < 4.78 is 0. The number of carbonyl (C=O) groups is 1. The van der Waals surface area contributed by atoms with Crippen molar-refractivity contribution in [1.29, 1.82) is 0 Å². The minimum Gasteiger partial charge on any atom is -0.481 e. The molecule has 250 valence electrons. The molecule has 1 aliphatic heterocycles. The van der Waals surface area contributed by atoms with Crippen molar-refractivity contribution in [3.05, 3.63) is 136 Å². The Kier molecular flexibility index (Phi) is 9.11. The van der Waals surface area contributed by atoms with E-state index in [1.807, 2.05) is 0 Å². The first kappa shape index (κ1) is 32.8. The second-order valence-corrected chi connectivity index (χ2v) is 14.4. The van der Waals surface area contributed by atoms with E-state index in [1.165, 1.54) is 46.2 Å². The van der Waals surface area contributed by atoms with Crippen molar-refractivity contribution in [1.82, 2.24) is 9.97 Å². The summed E-state index contributed by atoms with van der Waals surface area (Å²) in [7, 11) is 0. The number of rotatable bonds is 12. The van der Waals surface area contributed by atoms with Gasteiger partial charge in [0.15, 0.2) is 5.82 Å². The lowest BCUT2D eigenvalue weighted by Gasteiger charge is -2.40. The minimum absolute atomic E-state index is 0.158. The van der Waals surface area contributed by atoms with Crippen molar-refractivity contribution in [2.75, 3.05) is 11.4 Å². The van der Waals surface area contributed by atoms with E-state index in [-0.39, 0.29) is 12.5 Å². The van der Waals surface area contributed by atoms with Gasteiger partial charge in [0.2, 0.25) is 0 Å². The fourth-order valence-electron chi connectivity index (χ4n) is 7.81. The Balaban J connectivity index is 1.48. The Morgan fingerprint density at radius 2 is 1.10 bits per heavy atom. The standard InChI is InChI=1S/C44H47N3O2/c1-29-10-18-33(19-11-29)39-40(34-20-12-30(2)13-21-34)46-43-41(45-39)44(36-24-14-31(3)15-25-36,37-26-16-32(4)17-27-37)42(35-22-23-35)47(43)28-8-6-5-7-9-38(48)49/h10-21,24-27,35,42H,5-9,22-23,28H2,1-4H3,(H,48,49). The number of carboxylic acids is 1. The molecular weight excluding hydrogens is 603 g/mol. The van der Waals surface area contributed by atoms with E-state index in [2.05, 4.69) is 130 Å². The topological polar surface area (TPSA) is 66.3 Å². The van der Waals surface area contributed by atoms with Crippen LogP contribution in [-0.2, 0) is 10.2 Å².